The van der Waals surface area contributed by atoms with Gasteiger partial charge in [0.05, 0.1) is 7.11 Å². The molecule has 0 saturated heterocycles. The van der Waals surface area contributed by atoms with Crippen LogP contribution in [0.5, 0.6) is 5.75 Å². The molecule has 0 aromatic heterocycles. The predicted octanol–water partition coefficient (Wildman–Crippen LogP) is 5.06. The summed E-state index contributed by atoms with van der Waals surface area (Å²) in [6.07, 6.45) is 0. The van der Waals surface area contributed by atoms with Crippen molar-refractivity contribution in [3.05, 3.63) is 82.3 Å². The molecule has 150 valence electrons. The largest absolute Gasteiger partial charge is 0.495 e. The number of anilines is 2. The highest BCUT2D eigenvalue weighted by molar-refractivity contribution is 7.92. The summed E-state index contributed by atoms with van der Waals surface area (Å²) in [6.45, 7) is 0. The molecular formula is C20H16Cl2N2O4S. The molecule has 3 aromatic carbocycles. The van der Waals surface area contributed by atoms with Gasteiger partial charge in [0.25, 0.3) is 15.9 Å². The molecule has 0 atom stereocenters. The number of sulfonamides is 1. The van der Waals surface area contributed by atoms with Crippen LogP contribution in [-0.4, -0.2) is 21.4 Å². The molecular weight excluding hydrogens is 435 g/mol. The fourth-order valence-corrected chi connectivity index (χ4v) is 4.10. The summed E-state index contributed by atoms with van der Waals surface area (Å²) in [7, 11) is -2.63. The summed E-state index contributed by atoms with van der Waals surface area (Å²) in [6, 6.07) is 17.0. The van der Waals surface area contributed by atoms with Crippen molar-refractivity contribution in [3.63, 3.8) is 0 Å². The van der Waals surface area contributed by atoms with Crippen LogP contribution in [0, 0.1) is 0 Å². The van der Waals surface area contributed by atoms with Crippen molar-refractivity contribution >= 4 is 50.5 Å². The van der Waals surface area contributed by atoms with Crippen LogP contribution in [0.15, 0.2) is 71.6 Å². The van der Waals surface area contributed by atoms with Gasteiger partial charge in [-0.25, -0.2) is 8.42 Å². The van der Waals surface area contributed by atoms with Gasteiger partial charge in [-0.15, -0.1) is 0 Å². The van der Waals surface area contributed by atoms with E-state index < -0.39 is 15.9 Å². The van der Waals surface area contributed by atoms with Crippen LogP contribution < -0.4 is 14.8 Å². The Morgan fingerprint density at radius 1 is 0.897 bits per heavy atom. The van der Waals surface area contributed by atoms with E-state index in [2.05, 4.69) is 10.0 Å². The number of benzene rings is 3. The number of carbonyl (C=O) groups excluding carboxylic acids is 1. The number of carbonyl (C=O) groups is 1. The summed E-state index contributed by atoms with van der Waals surface area (Å²) in [5, 5.41) is 3.56. The molecule has 0 aliphatic heterocycles. The van der Waals surface area contributed by atoms with Crippen molar-refractivity contribution in [2.45, 2.75) is 4.90 Å². The average molecular weight is 451 g/mol. The number of halogens is 2. The quantitative estimate of drug-likeness (QED) is 0.549. The van der Waals surface area contributed by atoms with Crippen LogP contribution >= 0.6 is 23.2 Å². The van der Waals surface area contributed by atoms with Gasteiger partial charge in [0.2, 0.25) is 0 Å². The predicted molar refractivity (Wildman–Crippen MR) is 115 cm³/mol. The van der Waals surface area contributed by atoms with Gasteiger partial charge in [0, 0.05) is 27.0 Å². The minimum absolute atomic E-state index is 0.126. The van der Waals surface area contributed by atoms with E-state index in [1.165, 1.54) is 37.4 Å². The van der Waals surface area contributed by atoms with E-state index in [9.17, 15) is 13.2 Å². The van der Waals surface area contributed by atoms with Gasteiger partial charge < -0.3 is 10.1 Å². The highest BCUT2D eigenvalue weighted by atomic mass is 35.5. The molecule has 0 aliphatic rings. The van der Waals surface area contributed by atoms with E-state index in [4.69, 9.17) is 27.9 Å². The lowest BCUT2D eigenvalue weighted by atomic mass is 10.2. The van der Waals surface area contributed by atoms with E-state index in [1.807, 2.05) is 0 Å². The number of amides is 1. The third-order valence-corrected chi connectivity index (χ3v) is 5.78. The first-order valence-electron chi connectivity index (χ1n) is 8.32. The van der Waals surface area contributed by atoms with Gasteiger partial charge in [-0.2, -0.15) is 0 Å². The fraction of sp³-hybridized carbons (Fsp3) is 0.0500. The summed E-state index contributed by atoms with van der Waals surface area (Å²) < 4.78 is 33.4. The third kappa shape index (κ3) is 5.20. The lowest BCUT2D eigenvalue weighted by Crippen LogP contribution is -2.16. The number of methoxy groups -OCH3 is 1. The van der Waals surface area contributed by atoms with Crippen molar-refractivity contribution in [2.24, 2.45) is 0 Å². The van der Waals surface area contributed by atoms with E-state index >= 15 is 0 Å². The minimum atomic E-state index is -3.99. The number of nitrogens with one attached hydrogen (secondary N) is 2. The lowest BCUT2D eigenvalue weighted by Gasteiger charge is -2.14. The minimum Gasteiger partial charge on any atom is -0.495 e. The number of ether oxygens (including phenoxy) is 1. The topological polar surface area (TPSA) is 84.5 Å². The van der Waals surface area contributed by atoms with Crippen LogP contribution in [0.1, 0.15) is 10.4 Å². The summed E-state index contributed by atoms with van der Waals surface area (Å²) in [4.78, 5) is 12.3. The SMILES string of the molecule is COc1ccc(NC(=O)c2cccc(Cl)c2)cc1S(=O)(=O)Nc1ccc(Cl)cc1. The Morgan fingerprint density at radius 2 is 1.59 bits per heavy atom. The zero-order valence-electron chi connectivity index (χ0n) is 15.1. The average Bonchev–Trinajstić information content (AvgIpc) is 2.69. The number of hydrogen-bond donors (Lipinski definition) is 2. The molecule has 29 heavy (non-hydrogen) atoms. The molecule has 0 spiro atoms. The highest BCUT2D eigenvalue weighted by Crippen LogP contribution is 2.29. The first kappa shape index (κ1) is 21.0. The van der Waals surface area contributed by atoms with E-state index in [-0.39, 0.29) is 16.3 Å². The highest BCUT2D eigenvalue weighted by Gasteiger charge is 2.21. The lowest BCUT2D eigenvalue weighted by molar-refractivity contribution is 0.102. The van der Waals surface area contributed by atoms with Gasteiger partial charge >= 0.3 is 0 Å². The van der Waals surface area contributed by atoms with E-state index in [1.54, 1.807) is 36.4 Å². The number of hydrogen-bond acceptors (Lipinski definition) is 4. The van der Waals surface area contributed by atoms with Gasteiger partial charge in [0.1, 0.15) is 10.6 Å². The maximum absolute atomic E-state index is 12.9. The zero-order valence-corrected chi connectivity index (χ0v) is 17.5. The van der Waals surface area contributed by atoms with Crippen molar-refractivity contribution in [1.29, 1.82) is 0 Å². The number of rotatable bonds is 6. The summed E-state index contributed by atoms with van der Waals surface area (Å²) >= 11 is 11.7. The molecule has 9 heteroatoms. The maximum Gasteiger partial charge on any atom is 0.265 e. The van der Waals surface area contributed by atoms with Gasteiger partial charge in [-0.3, -0.25) is 9.52 Å². The van der Waals surface area contributed by atoms with Gasteiger partial charge in [0.15, 0.2) is 0 Å². The fourth-order valence-electron chi connectivity index (χ4n) is 2.53. The molecule has 6 nitrogen and oxygen atoms in total. The molecule has 3 aromatic rings. The molecule has 1 amide bonds. The second-order valence-corrected chi connectivity index (χ2v) is 8.47. The Morgan fingerprint density at radius 3 is 2.24 bits per heavy atom. The van der Waals surface area contributed by atoms with Crippen molar-refractivity contribution in [3.8, 4) is 5.75 Å². The Labute approximate surface area is 178 Å². The van der Waals surface area contributed by atoms with Crippen LogP contribution in [0.3, 0.4) is 0 Å². The van der Waals surface area contributed by atoms with Crippen LogP contribution in [0.4, 0.5) is 11.4 Å². The molecule has 3 rings (SSSR count). The smallest absolute Gasteiger partial charge is 0.265 e. The zero-order chi connectivity index (χ0) is 21.0. The molecule has 0 heterocycles. The summed E-state index contributed by atoms with van der Waals surface area (Å²) in [5.41, 5.74) is 0.967. The van der Waals surface area contributed by atoms with Crippen molar-refractivity contribution < 1.29 is 17.9 Å². The van der Waals surface area contributed by atoms with Crippen molar-refractivity contribution in [1.82, 2.24) is 0 Å². The van der Waals surface area contributed by atoms with Crippen LogP contribution in [0.25, 0.3) is 0 Å². The first-order chi connectivity index (χ1) is 13.8. The molecule has 0 unspecified atom stereocenters. The van der Waals surface area contributed by atoms with Gasteiger partial charge in [-0.05, 0) is 60.7 Å². The Hall–Kier alpha value is -2.74. The molecule has 0 aliphatic carbocycles. The van der Waals surface area contributed by atoms with Crippen LogP contribution in [-0.2, 0) is 10.0 Å². The van der Waals surface area contributed by atoms with Gasteiger partial charge in [-0.1, -0.05) is 29.3 Å². The normalized spacial score (nSPS) is 11.0. The molecule has 2 N–H and O–H groups in total. The second kappa shape index (κ2) is 8.73. The second-order valence-electron chi connectivity index (χ2n) is 5.94. The van der Waals surface area contributed by atoms with E-state index in [0.29, 0.717) is 21.3 Å². The van der Waals surface area contributed by atoms with E-state index in [0.717, 1.165) is 0 Å². The van der Waals surface area contributed by atoms with Crippen LogP contribution in [0.2, 0.25) is 10.0 Å². The van der Waals surface area contributed by atoms with Crippen molar-refractivity contribution in [2.75, 3.05) is 17.1 Å². The molecule has 0 radical (unpaired) electrons. The Bertz CT molecular complexity index is 1150. The molecule has 0 fully saturated rings. The Balaban J connectivity index is 1.90. The Kier molecular flexibility index (Phi) is 6.32. The third-order valence-electron chi connectivity index (χ3n) is 3.89. The molecule has 0 bridgehead atoms. The molecule has 0 saturated carbocycles. The monoisotopic (exact) mass is 450 g/mol. The maximum atomic E-state index is 12.9. The summed E-state index contributed by atoms with van der Waals surface area (Å²) in [5.74, 6) is -0.293. The standard InChI is InChI=1S/C20H16Cl2N2O4S/c1-28-18-10-9-17(23-20(25)13-3-2-4-15(22)11-13)12-19(18)29(26,27)24-16-7-5-14(21)6-8-16/h2-12,24H,1H3,(H,23,25). The first-order valence-corrected chi connectivity index (χ1v) is 10.6.